The first-order chi connectivity index (χ1) is 9.63. The molecule has 1 heterocycles. The number of hydrogen-bond donors (Lipinski definition) is 1. The lowest BCUT2D eigenvalue weighted by Crippen LogP contribution is -2.32. The highest BCUT2D eigenvalue weighted by molar-refractivity contribution is 5.94. The van der Waals surface area contributed by atoms with Crippen LogP contribution in [0, 0.1) is 5.92 Å². The summed E-state index contributed by atoms with van der Waals surface area (Å²) in [5.74, 6) is -0.658. The van der Waals surface area contributed by atoms with Gasteiger partial charge in [0.25, 0.3) is 5.56 Å². The Morgan fingerprint density at radius 1 is 1.25 bits per heavy atom. The molecule has 1 fully saturated rings. The van der Waals surface area contributed by atoms with E-state index in [1.165, 1.54) is 0 Å². The maximum absolute atomic E-state index is 11.9. The number of ether oxygens (including phenoxy) is 1. The smallest absolute Gasteiger partial charge is 0.310 e. The van der Waals surface area contributed by atoms with Gasteiger partial charge < -0.3 is 9.72 Å². The summed E-state index contributed by atoms with van der Waals surface area (Å²) in [6, 6.07) is 9.11. The summed E-state index contributed by atoms with van der Waals surface area (Å²) in [6.45, 7) is -0.0658. The van der Waals surface area contributed by atoms with Gasteiger partial charge >= 0.3 is 5.97 Å². The predicted molar refractivity (Wildman–Crippen MR) is 72.1 cm³/mol. The fourth-order valence-corrected chi connectivity index (χ4v) is 2.22. The largest absolute Gasteiger partial charge is 0.460 e. The normalized spacial score (nSPS) is 15.1. The molecule has 1 aromatic carbocycles. The molecular weight excluding hydrogens is 258 g/mol. The van der Waals surface area contributed by atoms with E-state index in [4.69, 9.17) is 4.74 Å². The van der Waals surface area contributed by atoms with E-state index in [1.54, 1.807) is 6.07 Å². The van der Waals surface area contributed by atoms with Crippen LogP contribution in [0.5, 0.6) is 0 Å². The topological polar surface area (TPSA) is 76.2 Å². The Balaban J connectivity index is 1.74. The lowest BCUT2D eigenvalue weighted by atomic mass is 9.84. The molecule has 1 aliphatic rings. The first-order valence-electron chi connectivity index (χ1n) is 6.43. The van der Waals surface area contributed by atoms with Crippen LogP contribution in [0.4, 0.5) is 0 Å². The highest BCUT2D eigenvalue weighted by atomic mass is 16.5. The number of pyridine rings is 1. The minimum Gasteiger partial charge on any atom is -0.460 e. The number of aromatic nitrogens is 1. The summed E-state index contributed by atoms with van der Waals surface area (Å²) in [7, 11) is 0. The van der Waals surface area contributed by atoms with Crippen molar-refractivity contribution in [3.63, 3.8) is 0 Å². The second kappa shape index (κ2) is 4.92. The van der Waals surface area contributed by atoms with E-state index in [9.17, 15) is 14.4 Å². The van der Waals surface area contributed by atoms with Crippen molar-refractivity contribution in [3.05, 3.63) is 46.2 Å². The highest BCUT2D eigenvalue weighted by Gasteiger charge is 2.34. The van der Waals surface area contributed by atoms with Crippen molar-refractivity contribution < 1.29 is 14.3 Å². The third kappa shape index (κ3) is 2.34. The summed E-state index contributed by atoms with van der Waals surface area (Å²) in [6.07, 6.45) is 0.514. The SMILES string of the molecule is O=C1CC(C(=O)OCc2cc3ccccc3[nH]c2=O)C1. The van der Waals surface area contributed by atoms with Crippen molar-refractivity contribution in [2.24, 2.45) is 5.92 Å². The van der Waals surface area contributed by atoms with E-state index in [0.29, 0.717) is 5.56 Å². The zero-order valence-electron chi connectivity index (χ0n) is 10.7. The molecule has 0 amide bonds. The number of rotatable bonds is 3. The van der Waals surface area contributed by atoms with E-state index < -0.39 is 5.97 Å². The number of ketones is 1. The van der Waals surface area contributed by atoms with Gasteiger partial charge in [0.2, 0.25) is 0 Å². The van der Waals surface area contributed by atoms with Crippen LogP contribution < -0.4 is 5.56 Å². The zero-order valence-corrected chi connectivity index (χ0v) is 10.7. The number of esters is 1. The fraction of sp³-hybridized carbons (Fsp3) is 0.267. The van der Waals surface area contributed by atoms with Crippen molar-refractivity contribution in [1.29, 1.82) is 0 Å². The van der Waals surface area contributed by atoms with Crippen LogP contribution in [-0.2, 0) is 20.9 Å². The van der Waals surface area contributed by atoms with Crippen LogP contribution in [0.25, 0.3) is 10.9 Å². The maximum Gasteiger partial charge on any atom is 0.310 e. The molecule has 1 N–H and O–H groups in total. The molecule has 0 radical (unpaired) electrons. The van der Waals surface area contributed by atoms with Crippen molar-refractivity contribution >= 4 is 22.7 Å². The summed E-state index contributed by atoms with van der Waals surface area (Å²) < 4.78 is 5.10. The molecule has 20 heavy (non-hydrogen) atoms. The Hall–Kier alpha value is -2.43. The number of carbonyl (C=O) groups excluding carboxylic acids is 2. The number of carbonyl (C=O) groups is 2. The molecule has 2 aromatic rings. The lowest BCUT2D eigenvalue weighted by Gasteiger charge is -2.21. The van der Waals surface area contributed by atoms with Gasteiger partial charge in [-0.1, -0.05) is 18.2 Å². The Bertz CT molecular complexity index is 739. The lowest BCUT2D eigenvalue weighted by molar-refractivity contribution is -0.156. The second-order valence-electron chi connectivity index (χ2n) is 4.96. The van der Waals surface area contributed by atoms with Gasteiger partial charge in [-0.05, 0) is 17.5 Å². The minimum atomic E-state index is -0.405. The molecule has 0 atom stereocenters. The number of Topliss-reactive ketones (excluding diaryl/α,β-unsaturated/α-hetero) is 1. The monoisotopic (exact) mass is 271 g/mol. The van der Waals surface area contributed by atoms with Gasteiger partial charge in [0.15, 0.2) is 0 Å². The molecule has 5 nitrogen and oxygen atoms in total. The maximum atomic E-state index is 11.9. The number of nitrogens with one attached hydrogen (secondary N) is 1. The average molecular weight is 271 g/mol. The Labute approximate surface area is 114 Å². The number of H-pyrrole nitrogens is 1. The summed E-state index contributed by atoms with van der Waals surface area (Å²) in [4.78, 5) is 37.1. The predicted octanol–water partition coefficient (Wildman–Crippen LogP) is 1.55. The molecule has 0 spiro atoms. The van der Waals surface area contributed by atoms with Crippen LogP contribution in [-0.4, -0.2) is 16.7 Å². The summed E-state index contributed by atoms with van der Waals surface area (Å²) >= 11 is 0. The van der Waals surface area contributed by atoms with E-state index >= 15 is 0 Å². The average Bonchev–Trinajstić information content (AvgIpc) is 2.41. The third-order valence-corrected chi connectivity index (χ3v) is 3.48. The van der Waals surface area contributed by atoms with Crippen LogP contribution in [0.3, 0.4) is 0 Å². The number of hydrogen-bond acceptors (Lipinski definition) is 4. The first kappa shape index (κ1) is 12.6. The molecule has 0 unspecified atom stereocenters. The Morgan fingerprint density at radius 2 is 2.00 bits per heavy atom. The molecule has 0 bridgehead atoms. The van der Waals surface area contributed by atoms with Gasteiger partial charge in [0.1, 0.15) is 12.4 Å². The summed E-state index contributed by atoms with van der Waals surface area (Å²) in [5.41, 5.74) is 0.890. The number of fused-ring (bicyclic) bond motifs is 1. The molecule has 102 valence electrons. The number of para-hydroxylation sites is 1. The Kier molecular flexibility index (Phi) is 3.10. The fourth-order valence-electron chi connectivity index (χ4n) is 2.22. The molecule has 0 aliphatic heterocycles. The molecule has 1 saturated carbocycles. The zero-order chi connectivity index (χ0) is 14.1. The van der Waals surface area contributed by atoms with Crippen LogP contribution in [0.2, 0.25) is 0 Å². The minimum absolute atomic E-state index is 0.0658. The third-order valence-electron chi connectivity index (χ3n) is 3.48. The Morgan fingerprint density at radius 3 is 2.75 bits per heavy atom. The van der Waals surface area contributed by atoms with Crippen molar-refractivity contribution in [2.75, 3.05) is 0 Å². The first-order valence-corrected chi connectivity index (χ1v) is 6.43. The molecule has 3 rings (SSSR count). The quantitative estimate of drug-likeness (QED) is 0.859. The molecule has 5 heteroatoms. The van der Waals surface area contributed by atoms with Gasteiger partial charge in [0, 0.05) is 18.4 Å². The van der Waals surface area contributed by atoms with Gasteiger partial charge in [-0.2, -0.15) is 0 Å². The van der Waals surface area contributed by atoms with Crippen LogP contribution >= 0.6 is 0 Å². The van der Waals surface area contributed by atoms with Gasteiger partial charge in [-0.15, -0.1) is 0 Å². The van der Waals surface area contributed by atoms with Crippen molar-refractivity contribution in [2.45, 2.75) is 19.4 Å². The van der Waals surface area contributed by atoms with E-state index in [-0.39, 0.29) is 36.7 Å². The van der Waals surface area contributed by atoms with E-state index in [2.05, 4.69) is 4.98 Å². The molecule has 1 aromatic heterocycles. The number of aromatic amines is 1. The van der Waals surface area contributed by atoms with E-state index in [1.807, 2.05) is 24.3 Å². The second-order valence-corrected chi connectivity index (χ2v) is 4.96. The van der Waals surface area contributed by atoms with Crippen LogP contribution in [0.15, 0.2) is 35.1 Å². The van der Waals surface area contributed by atoms with Crippen LogP contribution in [0.1, 0.15) is 18.4 Å². The van der Waals surface area contributed by atoms with Crippen molar-refractivity contribution in [3.8, 4) is 0 Å². The highest BCUT2D eigenvalue weighted by Crippen LogP contribution is 2.24. The van der Waals surface area contributed by atoms with E-state index in [0.717, 1.165) is 10.9 Å². The number of benzene rings is 1. The van der Waals surface area contributed by atoms with Gasteiger partial charge in [0.05, 0.1) is 11.5 Å². The molecular formula is C15H13NO4. The molecule has 1 aliphatic carbocycles. The van der Waals surface area contributed by atoms with Crippen molar-refractivity contribution in [1.82, 2.24) is 4.98 Å². The van der Waals surface area contributed by atoms with Gasteiger partial charge in [-0.3, -0.25) is 14.4 Å². The molecule has 0 saturated heterocycles. The standard InChI is InChI=1S/C15H13NO4/c17-12-6-10(7-12)15(19)20-8-11-5-9-3-1-2-4-13(9)16-14(11)18/h1-5,10H,6-8H2,(H,16,18). The summed E-state index contributed by atoms with van der Waals surface area (Å²) in [5, 5.41) is 0.886. The van der Waals surface area contributed by atoms with Gasteiger partial charge in [-0.25, -0.2) is 0 Å².